The third-order valence-corrected chi connectivity index (χ3v) is 13.3. The summed E-state index contributed by atoms with van der Waals surface area (Å²) < 4.78 is 35.7. The number of hydrogen-bond acceptors (Lipinski definition) is 2. The lowest BCUT2D eigenvalue weighted by Crippen LogP contribution is -2.10. The van der Waals surface area contributed by atoms with Gasteiger partial charge >= 0.3 is 0 Å². The third kappa shape index (κ3) is 30.8. The van der Waals surface area contributed by atoms with Crippen molar-refractivity contribution < 1.29 is 13.0 Å². The van der Waals surface area contributed by atoms with Crippen molar-refractivity contribution in [3.05, 3.63) is 28.8 Å². The van der Waals surface area contributed by atoms with E-state index in [1.54, 1.807) is 6.07 Å². The molecule has 0 bridgehead atoms. The molecule has 0 aliphatic carbocycles. The Morgan fingerprint density at radius 2 is 0.564 bits per heavy atom. The molecule has 0 spiro atoms. The quantitative estimate of drug-likeness (QED) is 0.0530. The smallest absolute Gasteiger partial charge is 0.282 e. The molecule has 3 nitrogen and oxygen atoms in total. The molecule has 0 radical (unpaired) electrons. The van der Waals surface area contributed by atoms with Gasteiger partial charge in [-0.05, 0) is 61.3 Å². The van der Waals surface area contributed by atoms with Crippen molar-refractivity contribution in [2.75, 3.05) is 0 Å². The van der Waals surface area contributed by atoms with Crippen LogP contribution in [0.5, 0.6) is 0 Å². The van der Waals surface area contributed by atoms with E-state index in [9.17, 15) is 13.0 Å². The van der Waals surface area contributed by atoms with Crippen molar-refractivity contribution in [3.8, 4) is 0 Å². The highest BCUT2D eigenvalue weighted by molar-refractivity contribution is 7.85. The monoisotopic (exact) mass is 789 g/mol. The van der Waals surface area contributed by atoms with Gasteiger partial charge in [-0.25, -0.2) is 0 Å². The molecule has 55 heavy (non-hydrogen) atoms. The molecule has 0 heterocycles. The third-order valence-electron chi connectivity index (χ3n) is 12.4. The molecular formula is C51H96O3S. The molecule has 0 aromatic heterocycles. The highest BCUT2D eigenvalue weighted by Gasteiger charge is 2.21. The summed E-state index contributed by atoms with van der Waals surface area (Å²) in [6.45, 7) is 6.86. The summed E-state index contributed by atoms with van der Waals surface area (Å²) >= 11 is 0. The normalized spacial score (nSPS) is 11.9. The van der Waals surface area contributed by atoms with Crippen LogP contribution in [0.25, 0.3) is 0 Å². The second-order valence-corrected chi connectivity index (χ2v) is 19.0. The Labute approximate surface area is 345 Å². The minimum absolute atomic E-state index is 0.185. The average Bonchev–Trinajstić information content (AvgIpc) is 3.17. The first-order chi connectivity index (χ1) is 27.0. The fourth-order valence-corrected chi connectivity index (χ4v) is 9.53. The Kier molecular flexibility index (Phi) is 36.6. The van der Waals surface area contributed by atoms with E-state index in [1.165, 1.54) is 242 Å². The number of rotatable bonds is 43. The summed E-state index contributed by atoms with van der Waals surface area (Å²) in [5.74, 6) is 0. The molecule has 1 N–H and O–H groups in total. The van der Waals surface area contributed by atoms with Crippen molar-refractivity contribution in [2.24, 2.45) is 0 Å². The Hall–Kier alpha value is -0.870. The van der Waals surface area contributed by atoms with Crippen molar-refractivity contribution in [2.45, 2.75) is 295 Å². The number of aryl methyl sites for hydroxylation is 1. The van der Waals surface area contributed by atoms with Crippen molar-refractivity contribution in [1.82, 2.24) is 0 Å². The second-order valence-electron chi connectivity index (χ2n) is 17.6. The molecule has 0 amide bonds. The van der Waals surface area contributed by atoms with E-state index in [2.05, 4.69) is 26.8 Å². The molecule has 0 unspecified atom stereocenters. The predicted octanol–water partition coefficient (Wildman–Crippen LogP) is 17.8. The molecule has 1 aromatic rings. The molecule has 0 saturated carbocycles. The van der Waals surface area contributed by atoms with Crippen LogP contribution in [0.2, 0.25) is 0 Å². The predicted molar refractivity (Wildman–Crippen MR) is 244 cm³/mol. The largest absolute Gasteiger partial charge is 0.294 e. The van der Waals surface area contributed by atoms with Gasteiger partial charge in [0.15, 0.2) is 0 Å². The van der Waals surface area contributed by atoms with Crippen LogP contribution in [-0.2, 0) is 29.4 Å². The molecule has 0 saturated heterocycles. The van der Waals surface area contributed by atoms with Crippen LogP contribution in [0.3, 0.4) is 0 Å². The van der Waals surface area contributed by atoms with Gasteiger partial charge in [0, 0.05) is 0 Å². The van der Waals surface area contributed by atoms with Crippen molar-refractivity contribution >= 4 is 10.1 Å². The minimum Gasteiger partial charge on any atom is -0.282 e. The van der Waals surface area contributed by atoms with E-state index in [0.717, 1.165) is 44.1 Å². The van der Waals surface area contributed by atoms with Crippen molar-refractivity contribution in [3.63, 3.8) is 0 Å². The van der Waals surface area contributed by atoms with Crippen LogP contribution < -0.4 is 0 Å². The molecule has 4 heteroatoms. The number of unbranched alkanes of at least 4 members (excludes halogenated alkanes) is 36. The molecule has 1 rings (SSSR count). The lowest BCUT2D eigenvalue weighted by molar-refractivity contribution is 0.481. The summed E-state index contributed by atoms with van der Waals surface area (Å²) in [6, 6.07) is 3.78. The Morgan fingerprint density at radius 3 is 0.836 bits per heavy atom. The lowest BCUT2D eigenvalue weighted by atomic mass is 9.90. The molecular weight excluding hydrogens is 693 g/mol. The number of benzene rings is 1. The van der Waals surface area contributed by atoms with E-state index < -0.39 is 10.1 Å². The Bertz CT molecular complexity index is 1060. The van der Waals surface area contributed by atoms with Crippen molar-refractivity contribution in [1.29, 1.82) is 0 Å². The van der Waals surface area contributed by atoms with Crippen LogP contribution >= 0.6 is 0 Å². The van der Waals surface area contributed by atoms with E-state index in [4.69, 9.17) is 0 Å². The summed E-state index contributed by atoms with van der Waals surface area (Å²) in [5.41, 5.74) is 3.55. The highest BCUT2D eigenvalue weighted by Crippen LogP contribution is 2.29. The van der Waals surface area contributed by atoms with Crippen LogP contribution in [0.4, 0.5) is 0 Å². The van der Waals surface area contributed by atoms with E-state index in [-0.39, 0.29) is 4.90 Å². The van der Waals surface area contributed by atoms with Gasteiger partial charge in [0.2, 0.25) is 0 Å². The standard InChI is InChI=1S/C51H96O3S/c1-4-7-10-13-16-19-22-25-28-31-34-37-40-43-48-46-47-51(55(52,53)54)50(45-42-39-36-33-30-27-24-21-18-15-12-9-6-3)49(48)44-41-38-35-32-29-26-23-20-17-14-11-8-5-2/h46-47H,4-45H2,1-3H3,(H,52,53,54). The van der Waals surface area contributed by atoms with E-state index in [1.807, 2.05) is 0 Å². The molecule has 324 valence electrons. The Morgan fingerprint density at radius 1 is 0.327 bits per heavy atom. The molecule has 1 aromatic carbocycles. The maximum Gasteiger partial charge on any atom is 0.294 e. The number of hydrogen-bond donors (Lipinski definition) is 1. The van der Waals surface area contributed by atoms with Crippen LogP contribution in [0.15, 0.2) is 17.0 Å². The first-order valence-corrected chi connectivity index (χ1v) is 26.5. The van der Waals surface area contributed by atoms with Gasteiger partial charge in [-0.15, -0.1) is 0 Å². The lowest BCUT2D eigenvalue weighted by Gasteiger charge is -2.18. The zero-order valence-electron chi connectivity index (χ0n) is 37.5. The van der Waals surface area contributed by atoms with Crippen LogP contribution in [-0.4, -0.2) is 13.0 Å². The molecule has 0 fully saturated rings. The molecule has 0 aliphatic rings. The molecule has 0 atom stereocenters. The van der Waals surface area contributed by atoms with Crippen LogP contribution in [0.1, 0.15) is 288 Å². The zero-order chi connectivity index (χ0) is 39.9. The Balaban J connectivity index is 2.63. The topological polar surface area (TPSA) is 54.4 Å². The summed E-state index contributed by atoms with van der Waals surface area (Å²) in [5, 5.41) is 0. The van der Waals surface area contributed by atoms with Gasteiger partial charge in [0.25, 0.3) is 10.1 Å². The van der Waals surface area contributed by atoms with Gasteiger partial charge in [0.1, 0.15) is 0 Å². The summed E-state index contributed by atoms with van der Waals surface area (Å²) in [7, 11) is -4.25. The van der Waals surface area contributed by atoms with Gasteiger partial charge in [-0.1, -0.05) is 258 Å². The van der Waals surface area contributed by atoms with Gasteiger partial charge in [-0.3, -0.25) is 4.55 Å². The maximum absolute atomic E-state index is 12.7. The maximum atomic E-state index is 12.7. The van der Waals surface area contributed by atoms with E-state index in [0.29, 0.717) is 0 Å². The fourth-order valence-electron chi connectivity index (χ4n) is 8.75. The van der Waals surface area contributed by atoms with Crippen LogP contribution in [0, 0.1) is 0 Å². The first kappa shape index (κ1) is 52.1. The van der Waals surface area contributed by atoms with Gasteiger partial charge in [0.05, 0.1) is 4.90 Å². The fraction of sp³-hybridized carbons (Fsp3) is 0.882. The molecule has 0 aliphatic heterocycles. The average molecular weight is 789 g/mol. The minimum atomic E-state index is -4.25. The van der Waals surface area contributed by atoms with Gasteiger partial charge in [-0.2, -0.15) is 8.42 Å². The first-order valence-electron chi connectivity index (χ1n) is 25.1. The summed E-state index contributed by atoms with van der Waals surface area (Å²) in [6.07, 6.45) is 54.7. The SMILES string of the molecule is CCCCCCCCCCCCCCCc1ccc(S(=O)(=O)O)c(CCCCCCCCCCCCCCC)c1CCCCCCCCCCCCCCC. The van der Waals surface area contributed by atoms with Gasteiger partial charge < -0.3 is 0 Å². The highest BCUT2D eigenvalue weighted by atomic mass is 32.2. The van der Waals surface area contributed by atoms with E-state index >= 15 is 0 Å². The summed E-state index contributed by atoms with van der Waals surface area (Å²) in [4.78, 5) is 0.185. The second kappa shape index (κ2) is 38.6. The zero-order valence-corrected chi connectivity index (χ0v) is 38.3.